The van der Waals surface area contributed by atoms with Gasteiger partial charge < -0.3 is 4.74 Å². The maximum atomic E-state index is 11.7. The van der Waals surface area contributed by atoms with E-state index in [-0.39, 0.29) is 6.42 Å². The van der Waals surface area contributed by atoms with Crippen molar-refractivity contribution in [2.45, 2.75) is 17.5 Å². The van der Waals surface area contributed by atoms with Crippen molar-refractivity contribution in [3.8, 4) is 0 Å². The maximum Gasteiger partial charge on any atom is 0.422 e. The average molecular weight is 264 g/mol. The molecule has 0 radical (unpaired) electrons. The Hall–Kier alpha value is -1.17. The summed E-state index contributed by atoms with van der Waals surface area (Å²) >= 11 is 1.40. The van der Waals surface area contributed by atoms with Crippen LogP contribution in [0.25, 0.3) is 0 Å². The number of thioether (sulfide) groups is 1. The summed E-state index contributed by atoms with van der Waals surface area (Å²) in [6.07, 6.45) is -4.49. The van der Waals surface area contributed by atoms with E-state index in [0.717, 1.165) is 4.90 Å². The number of carbonyl (C=O) groups is 1. The predicted octanol–water partition coefficient (Wildman–Crippen LogP) is 3.27. The Morgan fingerprint density at radius 3 is 2.47 bits per heavy atom. The summed E-state index contributed by atoms with van der Waals surface area (Å²) in [5, 5.41) is 0. The normalized spacial score (nSPS) is 11.2. The Morgan fingerprint density at radius 2 is 1.88 bits per heavy atom. The minimum atomic E-state index is -4.46. The topological polar surface area (TPSA) is 26.3 Å². The Balaban J connectivity index is 2.17. The van der Waals surface area contributed by atoms with E-state index in [9.17, 15) is 18.0 Å². The second-order valence-electron chi connectivity index (χ2n) is 3.19. The zero-order chi connectivity index (χ0) is 12.7. The molecule has 6 heteroatoms. The van der Waals surface area contributed by atoms with Gasteiger partial charge in [0, 0.05) is 10.6 Å². The third kappa shape index (κ3) is 6.88. The molecular weight excluding hydrogens is 253 g/mol. The highest BCUT2D eigenvalue weighted by Gasteiger charge is 2.29. The van der Waals surface area contributed by atoms with Crippen LogP contribution in [0.1, 0.15) is 6.42 Å². The second-order valence-corrected chi connectivity index (χ2v) is 4.36. The summed E-state index contributed by atoms with van der Waals surface area (Å²) in [6, 6.07) is 9.30. The number of rotatable bonds is 5. The quantitative estimate of drug-likeness (QED) is 0.603. The summed E-state index contributed by atoms with van der Waals surface area (Å²) in [4.78, 5) is 11.9. The molecule has 0 aromatic heterocycles. The van der Waals surface area contributed by atoms with Crippen LogP contribution in [0.15, 0.2) is 35.2 Å². The van der Waals surface area contributed by atoms with Crippen molar-refractivity contribution in [1.82, 2.24) is 0 Å². The van der Waals surface area contributed by atoms with Gasteiger partial charge in [0.2, 0.25) is 0 Å². The van der Waals surface area contributed by atoms with Crippen LogP contribution in [-0.2, 0) is 9.53 Å². The van der Waals surface area contributed by atoms with Crippen LogP contribution in [0.2, 0.25) is 0 Å². The van der Waals surface area contributed by atoms with E-state index < -0.39 is 18.8 Å². The highest BCUT2D eigenvalue weighted by atomic mass is 32.2. The Bertz CT molecular complexity index is 351. The van der Waals surface area contributed by atoms with Crippen LogP contribution in [-0.4, -0.2) is 24.5 Å². The molecule has 1 aromatic carbocycles. The Kier molecular flexibility index (Phi) is 5.34. The molecule has 0 heterocycles. The monoisotopic (exact) mass is 264 g/mol. The average Bonchev–Trinajstić information content (AvgIpc) is 2.27. The highest BCUT2D eigenvalue weighted by molar-refractivity contribution is 7.99. The van der Waals surface area contributed by atoms with Crippen molar-refractivity contribution in [3.05, 3.63) is 30.3 Å². The molecule has 2 nitrogen and oxygen atoms in total. The lowest BCUT2D eigenvalue weighted by atomic mass is 10.4. The third-order valence-electron chi connectivity index (χ3n) is 1.71. The highest BCUT2D eigenvalue weighted by Crippen LogP contribution is 2.19. The first kappa shape index (κ1) is 13.9. The number of hydrogen-bond acceptors (Lipinski definition) is 3. The Labute approximate surface area is 101 Å². The first-order chi connectivity index (χ1) is 7.97. The van der Waals surface area contributed by atoms with Crippen molar-refractivity contribution >= 4 is 17.7 Å². The molecule has 1 rings (SSSR count). The van der Waals surface area contributed by atoms with Gasteiger partial charge in [-0.15, -0.1) is 11.8 Å². The predicted molar refractivity (Wildman–Crippen MR) is 58.8 cm³/mol. The largest absolute Gasteiger partial charge is 0.456 e. The van der Waals surface area contributed by atoms with Crippen LogP contribution in [0.5, 0.6) is 0 Å². The van der Waals surface area contributed by atoms with Gasteiger partial charge in [0.25, 0.3) is 0 Å². The molecule has 0 saturated heterocycles. The van der Waals surface area contributed by atoms with E-state index in [1.54, 1.807) is 0 Å². The standard InChI is InChI=1S/C11H11F3O2S/c12-11(13,14)8-16-10(15)6-7-17-9-4-2-1-3-5-9/h1-5H,6-8H2. The fourth-order valence-corrected chi connectivity index (χ4v) is 1.86. The van der Waals surface area contributed by atoms with Gasteiger partial charge in [-0.1, -0.05) is 18.2 Å². The lowest BCUT2D eigenvalue weighted by Crippen LogP contribution is -2.20. The minimum absolute atomic E-state index is 0.0321. The number of ether oxygens (including phenoxy) is 1. The number of esters is 1. The molecule has 0 saturated carbocycles. The van der Waals surface area contributed by atoms with Crippen LogP contribution in [0.3, 0.4) is 0 Å². The van der Waals surface area contributed by atoms with E-state index in [0.29, 0.717) is 5.75 Å². The van der Waals surface area contributed by atoms with E-state index in [1.165, 1.54) is 11.8 Å². The molecule has 0 N–H and O–H groups in total. The summed E-state index contributed by atoms with van der Waals surface area (Å²) < 4.78 is 39.2. The SMILES string of the molecule is O=C(CCSc1ccccc1)OCC(F)(F)F. The number of halogens is 3. The summed E-state index contributed by atoms with van der Waals surface area (Å²) in [7, 11) is 0. The lowest BCUT2D eigenvalue weighted by molar-refractivity contribution is -0.185. The van der Waals surface area contributed by atoms with Gasteiger partial charge in [0.1, 0.15) is 0 Å². The first-order valence-electron chi connectivity index (χ1n) is 4.87. The zero-order valence-electron chi connectivity index (χ0n) is 8.87. The van der Waals surface area contributed by atoms with E-state index in [2.05, 4.69) is 4.74 Å². The molecule has 0 bridgehead atoms. The molecule has 1 aromatic rings. The Morgan fingerprint density at radius 1 is 1.24 bits per heavy atom. The van der Waals surface area contributed by atoms with Gasteiger partial charge in [0.05, 0.1) is 6.42 Å². The van der Waals surface area contributed by atoms with Crippen molar-refractivity contribution in [2.24, 2.45) is 0 Å². The van der Waals surface area contributed by atoms with Crippen LogP contribution in [0.4, 0.5) is 13.2 Å². The molecule has 0 aliphatic rings. The van der Waals surface area contributed by atoms with Gasteiger partial charge >= 0.3 is 12.1 Å². The molecular formula is C11H11F3O2S. The van der Waals surface area contributed by atoms with Gasteiger partial charge in [-0.25, -0.2) is 0 Å². The van der Waals surface area contributed by atoms with Gasteiger partial charge in [-0.05, 0) is 12.1 Å². The van der Waals surface area contributed by atoms with Crippen molar-refractivity contribution in [2.75, 3.05) is 12.4 Å². The van der Waals surface area contributed by atoms with Crippen molar-refractivity contribution in [1.29, 1.82) is 0 Å². The molecule has 0 aliphatic heterocycles. The second kappa shape index (κ2) is 6.54. The molecule has 17 heavy (non-hydrogen) atoms. The van der Waals surface area contributed by atoms with Gasteiger partial charge in [-0.3, -0.25) is 4.79 Å². The van der Waals surface area contributed by atoms with Crippen LogP contribution >= 0.6 is 11.8 Å². The van der Waals surface area contributed by atoms with Crippen LogP contribution in [0, 0.1) is 0 Å². The van der Waals surface area contributed by atoms with E-state index in [1.807, 2.05) is 30.3 Å². The first-order valence-corrected chi connectivity index (χ1v) is 5.86. The van der Waals surface area contributed by atoms with Gasteiger partial charge in [-0.2, -0.15) is 13.2 Å². The molecule has 0 fully saturated rings. The van der Waals surface area contributed by atoms with E-state index >= 15 is 0 Å². The summed E-state index contributed by atoms with van der Waals surface area (Å²) in [5.74, 6) is -0.425. The number of alkyl halides is 3. The summed E-state index contributed by atoms with van der Waals surface area (Å²) in [5.41, 5.74) is 0. The lowest BCUT2D eigenvalue weighted by Gasteiger charge is -2.07. The number of benzene rings is 1. The van der Waals surface area contributed by atoms with Gasteiger partial charge in [0.15, 0.2) is 6.61 Å². The smallest absolute Gasteiger partial charge is 0.422 e. The molecule has 0 atom stereocenters. The number of carbonyl (C=O) groups excluding carboxylic acids is 1. The molecule has 0 unspecified atom stereocenters. The molecule has 94 valence electrons. The van der Waals surface area contributed by atoms with Crippen LogP contribution < -0.4 is 0 Å². The van der Waals surface area contributed by atoms with Crippen molar-refractivity contribution < 1.29 is 22.7 Å². The molecule has 0 aliphatic carbocycles. The third-order valence-corrected chi connectivity index (χ3v) is 2.73. The maximum absolute atomic E-state index is 11.7. The van der Waals surface area contributed by atoms with Crippen molar-refractivity contribution in [3.63, 3.8) is 0 Å². The summed E-state index contributed by atoms with van der Waals surface area (Å²) in [6.45, 7) is -1.51. The fraction of sp³-hybridized carbons (Fsp3) is 0.364. The molecule has 0 spiro atoms. The number of hydrogen-bond donors (Lipinski definition) is 0. The van der Waals surface area contributed by atoms with E-state index in [4.69, 9.17) is 0 Å². The minimum Gasteiger partial charge on any atom is -0.456 e. The molecule has 0 amide bonds. The fourth-order valence-electron chi connectivity index (χ4n) is 1.00. The zero-order valence-corrected chi connectivity index (χ0v) is 9.68.